The highest BCUT2D eigenvalue weighted by molar-refractivity contribution is 6.10. The smallest absolute Gasteiger partial charge is 0.0547 e. The molecule has 2 nitrogen and oxygen atoms in total. The molecule has 2 heteroatoms. The largest absolute Gasteiger partial charge is 0.310 e. The van der Waals surface area contributed by atoms with Gasteiger partial charge in [-0.25, -0.2) is 0 Å². The standard InChI is InChI=1S/C63H46N2/c1-63(2)58-28-16-14-26-53(58)54-38-36-50(42-59(54)63)64(49-34-30-44(31-35-49)43-18-6-3-7-19-43)61-39-33-46(40-57(61)45-20-8-4-9-21-45)51-24-12-13-25-52(51)47-32-37-56-55-27-15-17-29-60(55)65(62(56)41-47)48-22-10-5-11-23-48/h3-42H,1-2H3. The van der Waals surface area contributed by atoms with Crippen LogP contribution in [-0.2, 0) is 5.41 Å². The maximum absolute atomic E-state index is 2.46. The minimum absolute atomic E-state index is 0.140. The summed E-state index contributed by atoms with van der Waals surface area (Å²) >= 11 is 0. The van der Waals surface area contributed by atoms with Crippen molar-refractivity contribution in [2.45, 2.75) is 19.3 Å². The Kier molecular flexibility index (Phi) is 9.21. The maximum atomic E-state index is 2.46. The van der Waals surface area contributed by atoms with Crippen molar-refractivity contribution in [2.24, 2.45) is 0 Å². The number of nitrogens with zero attached hydrogens (tertiary/aromatic N) is 2. The molecule has 0 atom stereocenters. The van der Waals surface area contributed by atoms with Crippen LogP contribution in [0.2, 0.25) is 0 Å². The highest BCUT2D eigenvalue weighted by atomic mass is 15.1. The van der Waals surface area contributed by atoms with Crippen LogP contribution in [-0.4, -0.2) is 4.57 Å². The van der Waals surface area contributed by atoms with Crippen molar-refractivity contribution >= 4 is 38.9 Å². The molecular formula is C63H46N2. The van der Waals surface area contributed by atoms with E-state index >= 15 is 0 Å². The van der Waals surface area contributed by atoms with Crippen LogP contribution in [0, 0.1) is 0 Å². The van der Waals surface area contributed by atoms with E-state index in [1.165, 1.54) is 71.9 Å². The van der Waals surface area contributed by atoms with Gasteiger partial charge in [-0.15, -0.1) is 0 Å². The Labute approximate surface area is 381 Å². The monoisotopic (exact) mass is 830 g/mol. The van der Waals surface area contributed by atoms with E-state index in [0.717, 1.165) is 39.4 Å². The van der Waals surface area contributed by atoms with Crippen molar-refractivity contribution in [3.8, 4) is 61.3 Å². The molecule has 10 aromatic carbocycles. The quantitative estimate of drug-likeness (QED) is 0.148. The summed E-state index contributed by atoms with van der Waals surface area (Å²) in [5.41, 5.74) is 21.6. The van der Waals surface area contributed by atoms with Crippen LogP contribution in [0.4, 0.5) is 17.1 Å². The Bertz CT molecular complexity index is 3550. The van der Waals surface area contributed by atoms with Crippen LogP contribution >= 0.6 is 0 Å². The molecule has 1 aromatic heterocycles. The summed E-state index contributed by atoms with van der Waals surface area (Å²) in [7, 11) is 0. The van der Waals surface area contributed by atoms with Crippen molar-refractivity contribution in [3.63, 3.8) is 0 Å². The topological polar surface area (TPSA) is 8.17 Å². The van der Waals surface area contributed by atoms with Crippen LogP contribution in [0.1, 0.15) is 25.0 Å². The molecule has 11 aromatic rings. The number of hydrogen-bond donors (Lipinski definition) is 0. The second-order valence-electron chi connectivity index (χ2n) is 17.7. The van der Waals surface area contributed by atoms with Crippen LogP contribution in [0.5, 0.6) is 0 Å². The third-order valence-corrected chi connectivity index (χ3v) is 13.6. The molecule has 1 aliphatic rings. The van der Waals surface area contributed by atoms with Gasteiger partial charge in [0.15, 0.2) is 0 Å². The zero-order valence-electron chi connectivity index (χ0n) is 36.5. The van der Waals surface area contributed by atoms with Crippen molar-refractivity contribution in [3.05, 3.63) is 254 Å². The van der Waals surface area contributed by atoms with Gasteiger partial charge < -0.3 is 9.47 Å². The lowest BCUT2D eigenvalue weighted by Gasteiger charge is -2.30. The molecule has 0 saturated carbocycles. The van der Waals surface area contributed by atoms with Crippen molar-refractivity contribution in [2.75, 3.05) is 4.90 Å². The van der Waals surface area contributed by atoms with Gasteiger partial charge in [-0.1, -0.05) is 196 Å². The Hall–Kier alpha value is -8.20. The van der Waals surface area contributed by atoms with E-state index in [1.54, 1.807) is 0 Å². The molecular weight excluding hydrogens is 785 g/mol. The SMILES string of the molecule is CC1(C)c2ccccc2-c2ccc(N(c3ccc(-c4ccccc4)cc3)c3ccc(-c4ccccc4-c4ccc5c6ccccc6n(-c6ccccc6)c5c4)cc3-c3ccccc3)cc21. The minimum Gasteiger partial charge on any atom is -0.310 e. The molecule has 0 spiro atoms. The molecule has 0 aliphatic heterocycles. The third-order valence-electron chi connectivity index (χ3n) is 13.6. The van der Waals surface area contributed by atoms with Gasteiger partial charge >= 0.3 is 0 Å². The number of aromatic nitrogens is 1. The van der Waals surface area contributed by atoms with E-state index in [2.05, 4.69) is 266 Å². The number of rotatable bonds is 8. The van der Waals surface area contributed by atoms with Crippen LogP contribution in [0.15, 0.2) is 243 Å². The molecule has 0 fully saturated rings. The molecule has 308 valence electrons. The molecule has 1 aliphatic carbocycles. The lowest BCUT2D eigenvalue weighted by Crippen LogP contribution is -2.17. The van der Waals surface area contributed by atoms with Crippen LogP contribution in [0.3, 0.4) is 0 Å². The van der Waals surface area contributed by atoms with Crippen LogP contribution in [0.25, 0.3) is 83.1 Å². The summed E-state index contributed by atoms with van der Waals surface area (Å²) in [5.74, 6) is 0. The van der Waals surface area contributed by atoms with E-state index in [1.807, 2.05) is 0 Å². The number of anilines is 3. The highest BCUT2D eigenvalue weighted by Gasteiger charge is 2.36. The normalized spacial score (nSPS) is 12.6. The molecule has 0 radical (unpaired) electrons. The fourth-order valence-electron chi connectivity index (χ4n) is 10.4. The van der Waals surface area contributed by atoms with Gasteiger partial charge in [-0.2, -0.15) is 0 Å². The van der Waals surface area contributed by atoms with E-state index in [-0.39, 0.29) is 5.41 Å². The van der Waals surface area contributed by atoms with Crippen molar-refractivity contribution < 1.29 is 0 Å². The minimum atomic E-state index is -0.140. The maximum Gasteiger partial charge on any atom is 0.0547 e. The Morgan fingerprint density at radius 3 is 1.58 bits per heavy atom. The molecule has 0 amide bonds. The first kappa shape index (κ1) is 38.5. The van der Waals surface area contributed by atoms with Gasteiger partial charge in [-0.3, -0.25) is 0 Å². The summed E-state index contributed by atoms with van der Waals surface area (Å²) in [5, 5.41) is 2.50. The average Bonchev–Trinajstić information content (AvgIpc) is 3.82. The van der Waals surface area contributed by atoms with E-state index in [9.17, 15) is 0 Å². The van der Waals surface area contributed by atoms with Gasteiger partial charge in [0.1, 0.15) is 0 Å². The molecule has 0 saturated heterocycles. The van der Waals surface area contributed by atoms with Gasteiger partial charge in [0.05, 0.1) is 16.7 Å². The summed E-state index contributed by atoms with van der Waals surface area (Å²) < 4.78 is 2.40. The van der Waals surface area contributed by atoms with E-state index in [0.29, 0.717) is 0 Å². The lowest BCUT2D eigenvalue weighted by molar-refractivity contribution is 0.660. The Morgan fingerprint density at radius 2 is 0.846 bits per heavy atom. The molecule has 1 heterocycles. The third kappa shape index (κ3) is 6.49. The van der Waals surface area contributed by atoms with Gasteiger partial charge in [0.25, 0.3) is 0 Å². The second kappa shape index (κ2) is 15.6. The summed E-state index contributed by atoms with van der Waals surface area (Å²) in [6.45, 7) is 4.72. The molecule has 0 N–H and O–H groups in total. The summed E-state index contributed by atoms with van der Waals surface area (Å²) in [4.78, 5) is 2.46. The molecule has 0 unspecified atom stereocenters. The van der Waals surface area contributed by atoms with Gasteiger partial charge in [0, 0.05) is 38.8 Å². The predicted molar refractivity (Wildman–Crippen MR) is 275 cm³/mol. The van der Waals surface area contributed by atoms with Crippen molar-refractivity contribution in [1.29, 1.82) is 0 Å². The van der Waals surface area contributed by atoms with Crippen LogP contribution < -0.4 is 4.90 Å². The first-order valence-electron chi connectivity index (χ1n) is 22.6. The number of hydrogen-bond acceptors (Lipinski definition) is 1. The lowest BCUT2D eigenvalue weighted by atomic mass is 9.82. The number of benzene rings is 10. The second-order valence-corrected chi connectivity index (χ2v) is 17.7. The van der Waals surface area contributed by atoms with E-state index in [4.69, 9.17) is 0 Å². The molecule has 65 heavy (non-hydrogen) atoms. The summed E-state index contributed by atoms with van der Waals surface area (Å²) in [6.07, 6.45) is 0. The summed E-state index contributed by atoms with van der Waals surface area (Å²) in [6, 6.07) is 88.9. The van der Waals surface area contributed by atoms with Gasteiger partial charge in [-0.05, 0) is 122 Å². The Morgan fingerprint density at radius 1 is 0.323 bits per heavy atom. The zero-order chi connectivity index (χ0) is 43.5. The number of fused-ring (bicyclic) bond motifs is 6. The van der Waals surface area contributed by atoms with Gasteiger partial charge in [0.2, 0.25) is 0 Å². The predicted octanol–water partition coefficient (Wildman–Crippen LogP) is 17.2. The number of para-hydroxylation sites is 2. The highest BCUT2D eigenvalue weighted by Crippen LogP contribution is 2.52. The first-order valence-corrected chi connectivity index (χ1v) is 22.6. The molecule has 0 bridgehead atoms. The molecule has 12 rings (SSSR count). The average molecular weight is 831 g/mol. The van der Waals surface area contributed by atoms with Crippen molar-refractivity contribution in [1.82, 2.24) is 4.57 Å². The Balaban J connectivity index is 1.04. The zero-order valence-corrected chi connectivity index (χ0v) is 36.5. The fourth-order valence-corrected chi connectivity index (χ4v) is 10.4. The fraction of sp³-hybridized carbons (Fsp3) is 0.0476. The first-order chi connectivity index (χ1) is 32.0. The van der Waals surface area contributed by atoms with E-state index < -0.39 is 0 Å².